The Morgan fingerprint density at radius 1 is 1.63 bits per heavy atom. The van der Waals surface area contributed by atoms with Gasteiger partial charge >= 0.3 is 0 Å². The molecule has 0 bridgehead atoms. The fourth-order valence-corrected chi connectivity index (χ4v) is 2.43. The average molecular weight is 276 g/mol. The third-order valence-corrected chi connectivity index (χ3v) is 3.29. The Bertz CT molecular complexity index is 603. The fraction of sp³-hybridized carbons (Fsp3) is 0.333. The van der Waals surface area contributed by atoms with Gasteiger partial charge in [-0.15, -0.1) is 0 Å². The topological polar surface area (TPSA) is 92.9 Å². The van der Waals surface area contributed by atoms with Gasteiger partial charge in [0.1, 0.15) is 6.07 Å². The third-order valence-electron chi connectivity index (χ3n) is 2.99. The summed E-state index contributed by atoms with van der Waals surface area (Å²) < 4.78 is 0. The van der Waals surface area contributed by atoms with E-state index in [1.165, 1.54) is 4.90 Å². The third kappa shape index (κ3) is 2.63. The van der Waals surface area contributed by atoms with Crippen LogP contribution in [0.3, 0.4) is 0 Å². The number of benzene rings is 1. The number of hydrogen-bond donors (Lipinski definition) is 0. The van der Waals surface area contributed by atoms with Gasteiger partial charge in [-0.25, -0.2) is 0 Å². The number of hydrogen-bond acceptors (Lipinski definition) is 3. The van der Waals surface area contributed by atoms with E-state index in [1.807, 2.05) is 6.07 Å². The zero-order valence-corrected chi connectivity index (χ0v) is 10.7. The van der Waals surface area contributed by atoms with E-state index in [1.54, 1.807) is 18.2 Å². The fourth-order valence-electron chi connectivity index (χ4n) is 2.15. The molecule has 1 saturated heterocycles. The first-order valence-corrected chi connectivity index (χ1v) is 6.05. The lowest BCUT2D eigenvalue weighted by Crippen LogP contribution is -2.26. The predicted octanol–water partition coefficient (Wildman–Crippen LogP) is 2.87. The Kier molecular flexibility index (Phi) is 3.91. The first-order chi connectivity index (χ1) is 9.17. The van der Waals surface area contributed by atoms with Crippen LogP contribution >= 0.6 is 11.6 Å². The van der Waals surface area contributed by atoms with Crippen molar-refractivity contribution < 1.29 is 4.79 Å². The van der Waals surface area contributed by atoms with Gasteiger partial charge in [-0.2, -0.15) is 5.26 Å². The molecule has 0 N–H and O–H groups in total. The summed E-state index contributed by atoms with van der Waals surface area (Å²) in [6, 6.07) is 6.97. The number of nitrogens with zero attached hydrogens (tertiary/aromatic N) is 5. The van der Waals surface area contributed by atoms with Crippen molar-refractivity contribution in [3.05, 3.63) is 39.2 Å². The summed E-state index contributed by atoms with van der Waals surface area (Å²) in [5.41, 5.74) is 9.11. The van der Waals surface area contributed by atoms with Crippen molar-refractivity contribution in [3.63, 3.8) is 0 Å². The van der Waals surface area contributed by atoms with Gasteiger partial charge in [0, 0.05) is 24.4 Å². The first-order valence-electron chi connectivity index (χ1n) is 5.67. The highest BCUT2D eigenvalue weighted by molar-refractivity contribution is 6.34. The summed E-state index contributed by atoms with van der Waals surface area (Å²) in [6.45, 7) is 0.682. The number of nitriles is 1. The molecule has 1 amide bonds. The molecule has 0 radical (unpaired) electrons. The van der Waals surface area contributed by atoms with Gasteiger partial charge in [0.25, 0.3) is 0 Å². The Balaban J connectivity index is 2.31. The minimum atomic E-state index is -0.109. The zero-order chi connectivity index (χ0) is 13.8. The number of rotatable bonds is 3. The summed E-state index contributed by atoms with van der Waals surface area (Å²) in [5.74, 6) is -0.144. The molecule has 1 aromatic carbocycles. The maximum Gasteiger partial charge on any atom is 0.227 e. The molecule has 1 aromatic rings. The van der Waals surface area contributed by atoms with Crippen LogP contribution in [0.5, 0.6) is 0 Å². The van der Waals surface area contributed by atoms with Crippen LogP contribution in [0, 0.1) is 17.2 Å². The molecule has 96 valence electrons. The maximum atomic E-state index is 12.0. The Morgan fingerprint density at radius 2 is 2.42 bits per heavy atom. The van der Waals surface area contributed by atoms with Crippen molar-refractivity contribution in [3.8, 4) is 6.07 Å². The highest BCUT2D eigenvalue weighted by atomic mass is 35.5. The van der Waals surface area contributed by atoms with E-state index in [2.05, 4.69) is 10.0 Å². The molecular formula is C12H10ClN5O. The predicted molar refractivity (Wildman–Crippen MR) is 70.6 cm³/mol. The second kappa shape index (κ2) is 5.61. The van der Waals surface area contributed by atoms with Crippen LogP contribution in [-0.4, -0.2) is 19.0 Å². The van der Waals surface area contributed by atoms with Crippen LogP contribution in [-0.2, 0) is 4.79 Å². The standard InChI is InChI=1S/C12H10ClN5O/c13-10-3-1-2-9(5-14)12(10)18-7-8(4-11(18)19)6-16-17-15/h1-3,8H,4,6-7H2. The number of para-hydroxylation sites is 1. The van der Waals surface area contributed by atoms with E-state index < -0.39 is 0 Å². The highest BCUT2D eigenvalue weighted by Crippen LogP contribution is 2.34. The number of azide groups is 1. The van der Waals surface area contributed by atoms with Gasteiger partial charge in [-0.05, 0) is 23.6 Å². The van der Waals surface area contributed by atoms with Crippen LogP contribution in [0.2, 0.25) is 5.02 Å². The van der Waals surface area contributed by atoms with Crippen molar-refractivity contribution in [2.24, 2.45) is 11.0 Å². The maximum absolute atomic E-state index is 12.0. The summed E-state index contributed by atoms with van der Waals surface area (Å²) in [7, 11) is 0. The molecule has 0 spiro atoms. The molecular weight excluding hydrogens is 266 g/mol. The SMILES string of the molecule is N#Cc1cccc(Cl)c1N1CC(CN=[N+]=[N-])CC1=O. The molecule has 0 aromatic heterocycles. The molecule has 2 rings (SSSR count). The molecule has 1 heterocycles. The van der Waals surface area contributed by atoms with Crippen LogP contribution in [0.1, 0.15) is 12.0 Å². The highest BCUT2D eigenvalue weighted by Gasteiger charge is 2.32. The molecule has 6 nitrogen and oxygen atoms in total. The second-order valence-electron chi connectivity index (χ2n) is 4.24. The van der Waals surface area contributed by atoms with E-state index in [-0.39, 0.29) is 18.4 Å². The summed E-state index contributed by atoms with van der Waals surface area (Å²) in [5, 5.41) is 12.9. The lowest BCUT2D eigenvalue weighted by atomic mass is 10.1. The Hall–Kier alpha value is -2.22. The first kappa shape index (κ1) is 13.2. The normalized spacial score (nSPS) is 18.0. The number of carbonyl (C=O) groups is 1. The van der Waals surface area contributed by atoms with Crippen molar-refractivity contribution >= 4 is 23.2 Å². The van der Waals surface area contributed by atoms with Gasteiger partial charge in [-0.3, -0.25) is 4.79 Å². The van der Waals surface area contributed by atoms with E-state index in [0.717, 1.165) is 0 Å². The van der Waals surface area contributed by atoms with Crippen molar-refractivity contribution in [1.29, 1.82) is 5.26 Å². The molecule has 0 aliphatic carbocycles. The van der Waals surface area contributed by atoms with Crippen LogP contribution in [0.25, 0.3) is 10.4 Å². The minimum absolute atomic E-state index is 0.0359. The van der Waals surface area contributed by atoms with Crippen molar-refractivity contribution in [2.45, 2.75) is 6.42 Å². The van der Waals surface area contributed by atoms with Crippen molar-refractivity contribution in [1.82, 2.24) is 0 Å². The van der Waals surface area contributed by atoms with E-state index in [0.29, 0.717) is 29.2 Å². The molecule has 1 aliphatic rings. The van der Waals surface area contributed by atoms with Gasteiger partial charge < -0.3 is 4.90 Å². The Morgan fingerprint density at radius 3 is 3.11 bits per heavy atom. The number of halogens is 1. The van der Waals surface area contributed by atoms with E-state index in [9.17, 15) is 4.79 Å². The van der Waals surface area contributed by atoms with Crippen LogP contribution in [0.4, 0.5) is 5.69 Å². The number of anilines is 1. The molecule has 1 unspecified atom stereocenters. The molecule has 7 heteroatoms. The molecule has 1 aliphatic heterocycles. The molecule has 1 fully saturated rings. The van der Waals surface area contributed by atoms with Crippen molar-refractivity contribution in [2.75, 3.05) is 18.0 Å². The molecule has 0 saturated carbocycles. The number of carbonyl (C=O) groups excluding carboxylic acids is 1. The van der Waals surface area contributed by atoms with Gasteiger partial charge in [0.2, 0.25) is 5.91 Å². The van der Waals surface area contributed by atoms with Gasteiger partial charge in [0.15, 0.2) is 0 Å². The molecule has 1 atom stereocenters. The average Bonchev–Trinajstić information content (AvgIpc) is 2.77. The molecule has 19 heavy (non-hydrogen) atoms. The second-order valence-corrected chi connectivity index (χ2v) is 4.64. The number of amides is 1. The lowest BCUT2D eigenvalue weighted by Gasteiger charge is -2.19. The van der Waals surface area contributed by atoms with Crippen LogP contribution < -0.4 is 4.90 Å². The monoisotopic (exact) mass is 275 g/mol. The van der Waals surface area contributed by atoms with Gasteiger partial charge in [-0.1, -0.05) is 22.8 Å². The smallest absolute Gasteiger partial charge is 0.227 e. The zero-order valence-electron chi connectivity index (χ0n) is 9.95. The largest absolute Gasteiger partial charge is 0.309 e. The quantitative estimate of drug-likeness (QED) is 0.482. The summed E-state index contributed by atoms with van der Waals surface area (Å²) in [4.78, 5) is 16.2. The van der Waals surface area contributed by atoms with Crippen LogP contribution in [0.15, 0.2) is 23.3 Å². The minimum Gasteiger partial charge on any atom is -0.309 e. The lowest BCUT2D eigenvalue weighted by molar-refractivity contribution is -0.117. The summed E-state index contributed by atoms with van der Waals surface area (Å²) in [6.07, 6.45) is 0.301. The van der Waals surface area contributed by atoms with E-state index >= 15 is 0 Å². The van der Waals surface area contributed by atoms with E-state index in [4.69, 9.17) is 22.4 Å². The van der Waals surface area contributed by atoms with Gasteiger partial charge in [0.05, 0.1) is 16.3 Å². The Labute approximate surface area is 114 Å². The summed E-state index contributed by atoms with van der Waals surface area (Å²) >= 11 is 6.08.